The predicted octanol–water partition coefficient (Wildman–Crippen LogP) is 3.17. The fourth-order valence-electron chi connectivity index (χ4n) is 1.88. The normalized spacial score (nSPS) is 12.6. The average Bonchev–Trinajstić information content (AvgIpc) is 2.45. The van der Waals surface area contributed by atoms with Gasteiger partial charge in [-0.25, -0.2) is 4.79 Å². The van der Waals surface area contributed by atoms with Gasteiger partial charge in [-0.3, -0.25) is 10.3 Å². The van der Waals surface area contributed by atoms with E-state index in [0.29, 0.717) is 6.07 Å². The fourth-order valence-corrected chi connectivity index (χ4v) is 1.88. The molecule has 0 saturated heterocycles. The molecule has 7 nitrogen and oxygen atoms in total. The van der Waals surface area contributed by atoms with E-state index in [-0.39, 0.29) is 17.2 Å². The van der Waals surface area contributed by atoms with Crippen LogP contribution >= 0.6 is 0 Å². The van der Waals surface area contributed by atoms with Crippen LogP contribution in [0.3, 0.4) is 0 Å². The van der Waals surface area contributed by atoms with Crippen molar-refractivity contribution in [2.75, 3.05) is 12.4 Å². The number of carbonyl (C=O) groups is 1. The Morgan fingerprint density at radius 2 is 1.65 bits per heavy atom. The highest BCUT2D eigenvalue weighted by Gasteiger charge is 2.38. The van der Waals surface area contributed by atoms with E-state index in [9.17, 15) is 31.1 Å². The molecular formula is C13H14F6N4O3. The number of rotatable bonds is 3. The molecule has 1 aromatic carbocycles. The topological polar surface area (TPSA) is 98.0 Å². The summed E-state index contributed by atoms with van der Waals surface area (Å²) in [6.07, 6.45) is -10.5. The number of hydrogen-bond donors (Lipinski definition) is 3. The number of urea groups is 1. The highest BCUT2D eigenvalue weighted by atomic mass is 19.4. The lowest BCUT2D eigenvalue weighted by atomic mass is 10.1. The maximum atomic E-state index is 12.6. The SMILES string of the molecule is CN=C(N)NC(=O)Nc1c(C)cc(OC(F)(F)F)c(OC(F)(F)F)c1C. The molecular weight excluding hydrogens is 374 g/mol. The highest BCUT2D eigenvalue weighted by Crippen LogP contribution is 2.43. The van der Waals surface area contributed by atoms with Crippen molar-refractivity contribution >= 4 is 17.7 Å². The second-order valence-corrected chi connectivity index (χ2v) is 4.80. The second kappa shape index (κ2) is 7.58. The summed E-state index contributed by atoms with van der Waals surface area (Å²) in [4.78, 5) is 15.2. The zero-order valence-corrected chi connectivity index (χ0v) is 13.6. The number of nitrogens with one attached hydrogen (secondary N) is 2. The molecule has 0 atom stereocenters. The van der Waals surface area contributed by atoms with Crippen LogP contribution in [-0.4, -0.2) is 31.8 Å². The van der Waals surface area contributed by atoms with Crippen molar-refractivity contribution in [2.24, 2.45) is 10.7 Å². The molecule has 0 radical (unpaired) electrons. The molecule has 26 heavy (non-hydrogen) atoms. The molecule has 0 aromatic heterocycles. The number of hydrogen-bond acceptors (Lipinski definition) is 4. The van der Waals surface area contributed by atoms with Gasteiger partial charge in [-0.05, 0) is 25.5 Å². The number of guanidine groups is 1. The number of anilines is 1. The number of amides is 2. The largest absolute Gasteiger partial charge is 0.573 e. The summed E-state index contributed by atoms with van der Waals surface area (Å²) in [7, 11) is 1.27. The molecule has 1 aromatic rings. The maximum Gasteiger partial charge on any atom is 0.573 e. The first-order chi connectivity index (χ1) is 11.7. The number of aliphatic imine (C=N–C) groups is 1. The number of aryl methyl sites for hydroxylation is 1. The molecule has 4 N–H and O–H groups in total. The van der Waals surface area contributed by atoms with Crippen molar-refractivity contribution in [1.82, 2.24) is 5.32 Å². The van der Waals surface area contributed by atoms with Crippen molar-refractivity contribution in [1.29, 1.82) is 0 Å². The van der Waals surface area contributed by atoms with Crippen LogP contribution in [0.15, 0.2) is 11.1 Å². The van der Waals surface area contributed by atoms with Crippen LogP contribution < -0.4 is 25.8 Å². The molecule has 0 saturated carbocycles. The first-order valence-corrected chi connectivity index (χ1v) is 6.69. The minimum Gasteiger partial charge on any atom is -0.402 e. The third-order valence-corrected chi connectivity index (χ3v) is 2.85. The molecule has 0 heterocycles. The van der Waals surface area contributed by atoms with Gasteiger partial charge in [0.2, 0.25) is 0 Å². The number of carbonyl (C=O) groups excluding carboxylic acids is 1. The zero-order valence-electron chi connectivity index (χ0n) is 13.6. The van der Waals surface area contributed by atoms with Gasteiger partial charge in [0.15, 0.2) is 17.5 Å². The summed E-state index contributed by atoms with van der Waals surface area (Å²) in [5, 5.41) is 4.22. The van der Waals surface area contributed by atoms with Gasteiger partial charge in [0.25, 0.3) is 0 Å². The molecule has 0 aliphatic carbocycles. The van der Waals surface area contributed by atoms with Crippen LogP contribution in [0.2, 0.25) is 0 Å². The molecule has 0 bridgehead atoms. The number of halogens is 6. The van der Waals surface area contributed by atoms with Gasteiger partial charge in [0.1, 0.15) is 0 Å². The lowest BCUT2D eigenvalue weighted by molar-refractivity contribution is -0.287. The van der Waals surface area contributed by atoms with Gasteiger partial charge in [-0.1, -0.05) is 0 Å². The Morgan fingerprint density at radius 1 is 1.12 bits per heavy atom. The van der Waals surface area contributed by atoms with Gasteiger partial charge in [0, 0.05) is 12.6 Å². The number of benzene rings is 1. The molecule has 0 spiro atoms. The summed E-state index contributed by atoms with van der Waals surface area (Å²) in [5.41, 5.74) is 4.59. The van der Waals surface area contributed by atoms with E-state index in [2.05, 4.69) is 25.1 Å². The lowest BCUT2D eigenvalue weighted by Crippen LogP contribution is -2.39. The van der Waals surface area contributed by atoms with E-state index in [1.807, 2.05) is 0 Å². The van der Waals surface area contributed by atoms with Crippen LogP contribution in [0.4, 0.5) is 36.8 Å². The molecule has 0 aliphatic heterocycles. The van der Waals surface area contributed by atoms with Gasteiger partial charge in [-0.15, -0.1) is 26.3 Å². The number of ether oxygens (including phenoxy) is 2. The summed E-state index contributed by atoms with van der Waals surface area (Å²) in [5.74, 6) is -2.74. The minimum absolute atomic E-state index is 0.0153. The number of alkyl halides is 6. The molecule has 13 heteroatoms. The number of nitrogens with zero attached hydrogens (tertiary/aromatic N) is 1. The smallest absolute Gasteiger partial charge is 0.402 e. The third kappa shape index (κ3) is 6.22. The van der Waals surface area contributed by atoms with Crippen LogP contribution in [0.1, 0.15) is 11.1 Å². The molecule has 146 valence electrons. The van der Waals surface area contributed by atoms with Gasteiger partial charge in [-0.2, -0.15) is 0 Å². The monoisotopic (exact) mass is 388 g/mol. The first-order valence-electron chi connectivity index (χ1n) is 6.69. The predicted molar refractivity (Wildman–Crippen MR) is 79.0 cm³/mol. The van der Waals surface area contributed by atoms with Crippen molar-refractivity contribution in [3.05, 3.63) is 17.2 Å². The fraction of sp³-hybridized carbons (Fsp3) is 0.385. The first kappa shape index (κ1) is 21.2. The quantitative estimate of drug-likeness (QED) is 0.421. The van der Waals surface area contributed by atoms with Crippen LogP contribution in [0, 0.1) is 13.8 Å². The van der Waals surface area contributed by atoms with E-state index in [1.54, 1.807) is 0 Å². The Hall–Kier alpha value is -2.86. The highest BCUT2D eigenvalue weighted by molar-refractivity contribution is 6.02. The number of nitrogens with two attached hydrogens (primary N) is 1. The Kier molecular flexibility index (Phi) is 6.17. The van der Waals surface area contributed by atoms with Crippen molar-refractivity contribution in [3.63, 3.8) is 0 Å². The van der Waals surface area contributed by atoms with E-state index in [4.69, 9.17) is 5.73 Å². The second-order valence-electron chi connectivity index (χ2n) is 4.80. The molecule has 1 rings (SSSR count). The molecule has 0 fully saturated rings. The van der Waals surface area contributed by atoms with Gasteiger partial charge < -0.3 is 20.5 Å². The van der Waals surface area contributed by atoms with Crippen molar-refractivity contribution in [3.8, 4) is 11.5 Å². The molecule has 0 aliphatic rings. The Balaban J connectivity index is 3.36. The van der Waals surface area contributed by atoms with Gasteiger partial charge >= 0.3 is 18.8 Å². The molecule has 2 amide bonds. The van der Waals surface area contributed by atoms with E-state index in [0.717, 1.165) is 6.92 Å². The Morgan fingerprint density at radius 3 is 2.12 bits per heavy atom. The van der Waals surface area contributed by atoms with E-state index < -0.39 is 35.8 Å². The summed E-state index contributed by atoms with van der Waals surface area (Å²) < 4.78 is 82.2. The van der Waals surface area contributed by atoms with Crippen LogP contribution in [0.25, 0.3) is 0 Å². The standard InChI is InChI=1S/C13H14F6N4O3/c1-5-4-7(25-12(14,15)16)9(26-13(17,18)19)6(2)8(5)22-11(24)23-10(20)21-3/h4H,1-3H3,(H4,20,21,22,23,24). The Labute approximate surface area is 143 Å². The lowest BCUT2D eigenvalue weighted by Gasteiger charge is -2.21. The van der Waals surface area contributed by atoms with Crippen LogP contribution in [-0.2, 0) is 0 Å². The van der Waals surface area contributed by atoms with E-state index in [1.165, 1.54) is 14.0 Å². The molecule has 0 unspecified atom stereocenters. The summed E-state index contributed by atoms with van der Waals surface area (Å²) in [6.45, 7) is 2.27. The minimum atomic E-state index is -5.29. The summed E-state index contributed by atoms with van der Waals surface area (Å²) >= 11 is 0. The van der Waals surface area contributed by atoms with Gasteiger partial charge in [0.05, 0.1) is 5.69 Å². The average molecular weight is 388 g/mol. The van der Waals surface area contributed by atoms with Crippen LogP contribution in [0.5, 0.6) is 11.5 Å². The Bertz CT molecular complexity index is 715. The van der Waals surface area contributed by atoms with Crippen molar-refractivity contribution in [2.45, 2.75) is 26.6 Å². The maximum absolute atomic E-state index is 12.6. The zero-order chi connectivity index (χ0) is 20.3. The van der Waals surface area contributed by atoms with Crippen molar-refractivity contribution < 1.29 is 40.6 Å². The summed E-state index contributed by atoms with van der Waals surface area (Å²) in [6, 6.07) is -0.323. The van der Waals surface area contributed by atoms with E-state index >= 15 is 0 Å². The third-order valence-electron chi connectivity index (χ3n) is 2.85.